The summed E-state index contributed by atoms with van der Waals surface area (Å²) < 4.78 is 40.3. The molecule has 3 nitrogen and oxygen atoms in total. The molecular weight excluding hydrogens is 375 g/mol. The van der Waals surface area contributed by atoms with E-state index in [9.17, 15) is 22.8 Å². The summed E-state index contributed by atoms with van der Waals surface area (Å²) in [5, 5.41) is 0.419. The first kappa shape index (κ1) is 17.4. The van der Waals surface area contributed by atoms with E-state index in [-0.39, 0.29) is 5.56 Å². The highest BCUT2D eigenvalue weighted by Crippen LogP contribution is 2.32. The second-order valence-corrected chi connectivity index (χ2v) is 6.50. The van der Waals surface area contributed by atoms with Gasteiger partial charge in [-0.15, -0.1) is 0 Å². The molecule has 0 fully saturated rings. The van der Waals surface area contributed by atoms with Crippen LogP contribution in [-0.4, -0.2) is 10.5 Å². The van der Waals surface area contributed by atoms with Crippen LogP contribution in [0.4, 0.5) is 13.2 Å². The zero-order chi connectivity index (χ0) is 18.2. The van der Waals surface area contributed by atoms with Crippen LogP contribution in [0.3, 0.4) is 0 Å². The summed E-state index contributed by atoms with van der Waals surface area (Å²) in [4.78, 5) is 23.8. The molecule has 0 aliphatic heterocycles. The van der Waals surface area contributed by atoms with Gasteiger partial charge in [-0.3, -0.25) is 9.59 Å². The van der Waals surface area contributed by atoms with E-state index in [1.807, 2.05) is 0 Å². The number of aromatic nitrogens is 1. The number of nitrogens with zero attached hydrogens (tertiary/aromatic N) is 1. The van der Waals surface area contributed by atoms with Crippen LogP contribution in [0.25, 0.3) is 16.3 Å². The Kier molecular flexibility index (Phi) is 4.53. The fraction of sp³-hybridized carbons (Fsp3) is 0.0588. The Hall–Kier alpha value is -2.38. The second kappa shape index (κ2) is 6.50. The lowest BCUT2D eigenvalue weighted by Gasteiger charge is -2.09. The minimum absolute atomic E-state index is 0.154. The summed E-state index contributed by atoms with van der Waals surface area (Å²) in [7, 11) is 0. The van der Waals surface area contributed by atoms with E-state index in [1.54, 1.807) is 6.07 Å². The first-order valence-electron chi connectivity index (χ1n) is 6.97. The van der Waals surface area contributed by atoms with Gasteiger partial charge in [-0.2, -0.15) is 13.2 Å². The molecule has 0 amide bonds. The number of halogens is 4. The Morgan fingerprint density at radius 3 is 2.60 bits per heavy atom. The van der Waals surface area contributed by atoms with Crippen molar-refractivity contribution in [2.45, 2.75) is 6.18 Å². The molecule has 3 rings (SSSR count). The summed E-state index contributed by atoms with van der Waals surface area (Å²) in [6, 6.07) is 9.48. The predicted molar refractivity (Wildman–Crippen MR) is 92.2 cm³/mol. The third-order valence-corrected chi connectivity index (χ3v) is 4.57. The van der Waals surface area contributed by atoms with Crippen LogP contribution < -0.4 is 4.87 Å². The summed E-state index contributed by atoms with van der Waals surface area (Å²) in [6.07, 6.45) is -2.53. The molecule has 0 unspecified atom stereocenters. The Labute approximate surface area is 148 Å². The highest BCUT2D eigenvalue weighted by Gasteiger charge is 2.32. The fourth-order valence-electron chi connectivity index (χ4n) is 2.34. The molecule has 0 N–H and O–H groups in total. The number of carbonyl (C=O) groups excluding carboxylic acids is 1. The average molecular weight is 384 g/mol. The maximum atomic E-state index is 13.0. The minimum atomic E-state index is -4.54. The van der Waals surface area contributed by atoms with Gasteiger partial charge in [0.05, 0.1) is 15.8 Å². The molecule has 2 aromatic carbocycles. The van der Waals surface area contributed by atoms with Crippen LogP contribution in [0.2, 0.25) is 5.02 Å². The Morgan fingerprint density at radius 1 is 1.16 bits per heavy atom. The zero-order valence-corrected chi connectivity index (χ0v) is 14.0. The first-order valence-corrected chi connectivity index (χ1v) is 8.16. The quantitative estimate of drug-likeness (QED) is 0.578. The van der Waals surface area contributed by atoms with E-state index < -0.39 is 22.5 Å². The van der Waals surface area contributed by atoms with Crippen LogP contribution in [0, 0.1) is 0 Å². The third kappa shape index (κ3) is 3.52. The van der Waals surface area contributed by atoms with Gasteiger partial charge in [0.25, 0.3) is 5.91 Å². The topological polar surface area (TPSA) is 39.1 Å². The first-order chi connectivity index (χ1) is 11.8. The van der Waals surface area contributed by atoms with Crippen molar-refractivity contribution in [1.29, 1.82) is 0 Å². The number of hydrogen-bond acceptors (Lipinski definition) is 3. The molecule has 0 aliphatic rings. The number of thiazole rings is 1. The zero-order valence-electron chi connectivity index (χ0n) is 12.4. The number of benzene rings is 2. The molecule has 0 spiro atoms. The molecule has 0 radical (unpaired) electrons. The number of hydrogen-bond donors (Lipinski definition) is 0. The monoisotopic (exact) mass is 383 g/mol. The molecule has 0 bridgehead atoms. The normalized spacial score (nSPS) is 12.2. The van der Waals surface area contributed by atoms with Gasteiger partial charge in [0.15, 0.2) is 0 Å². The number of alkyl halides is 3. The van der Waals surface area contributed by atoms with Crippen molar-refractivity contribution in [3.8, 4) is 0 Å². The standard InChI is InChI=1S/C17H9ClF3NO2S/c18-11-6-7-13-14(9-11)25-16(24)22(13)15(23)8-5-10-3-1-2-4-12(10)17(19,20)21/h1-9H. The van der Waals surface area contributed by atoms with Crippen molar-refractivity contribution >= 4 is 45.1 Å². The second-order valence-electron chi connectivity index (χ2n) is 5.07. The fourth-order valence-corrected chi connectivity index (χ4v) is 3.49. The minimum Gasteiger partial charge on any atom is -0.269 e. The van der Waals surface area contributed by atoms with Gasteiger partial charge < -0.3 is 0 Å². The van der Waals surface area contributed by atoms with Gasteiger partial charge in [0, 0.05) is 11.1 Å². The van der Waals surface area contributed by atoms with Crippen LogP contribution in [0.5, 0.6) is 0 Å². The molecule has 0 saturated heterocycles. The third-order valence-electron chi connectivity index (χ3n) is 3.43. The number of fused-ring (bicyclic) bond motifs is 1. The number of rotatable bonds is 2. The molecule has 3 aromatic rings. The largest absolute Gasteiger partial charge is 0.416 e. The Morgan fingerprint density at radius 2 is 1.88 bits per heavy atom. The van der Waals surface area contributed by atoms with Crippen LogP contribution in [-0.2, 0) is 6.18 Å². The summed E-state index contributed by atoms with van der Waals surface area (Å²) in [6.45, 7) is 0. The van der Waals surface area contributed by atoms with Crippen molar-refractivity contribution < 1.29 is 18.0 Å². The maximum Gasteiger partial charge on any atom is 0.416 e. The molecule has 0 saturated carbocycles. The highest BCUT2D eigenvalue weighted by molar-refractivity contribution is 7.16. The predicted octanol–water partition coefficient (Wildman–Crippen LogP) is 5.09. The Bertz CT molecular complexity index is 1050. The van der Waals surface area contributed by atoms with Crippen molar-refractivity contribution in [3.63, 3.8) is 0 Å². The van der Waals surface area contributed by atoms with Gasteiger partial charge in [-0.25, -0.2) is 4.57 Å². The van der Waals surface area contributed by atoms with Crippen molar-refractivity contribution in [3.05, 3.63) is 74.4 Å². The van der Waals surface area contributed by atoms with E-state index >= 15 is 0 Å². The van der Waals surface area contributed by atoms with E-state index in [1.165, 1.54) is 30.3 Å². The van der Waals surface area contributed by atoms with Crippen LogP contribution in [0.1, 0.15) is 15.9 Å². The van der Waals surface area contributed by atoms with Crippen LogP contribution in [0.15, 0.2) is 53.3 Å². The van der Waals surface area contributed by atoms with Gasteiger partial charge in [-0.1, -0.05) is 41.1 Å². The van der Waals surface area contributed by atoms with E-state index in [4.69, 9.17) is 11.6 Å². The van der Waals surface area contributed by atoms with Crippen molar-refractivity contribution in [2.75, 3.05) is 0 Å². The Balaban J connectivity index is 2.01. The van der Waals surface area contributed by atoms with Gasteiger partial charge >= 0.3 is 11.0 Å². The number of allylic oxidation sites excluding steroid dienone is 1. The summed E-state index contributed by atoms with van der Waals surface area (Å²) >= 11 is 6.69. The van der Waals surface area contributed by atoms with Crippen LogP contribution >= 0.6 is 22.9 Å². The smallest absolute Gasteiger partial charge is 0.269 e. The molecular formula is C17H9ClF3NO2S. The molecule has 1 heterocycles. The van der Waals surface area contributed by atoms with E-state index in [0.717, 1.165) is 34.1 Å². The van der Waals surface area contributed by atoms with Gasteiger partial charge in [-0.05, 0) is 35.9 Å². The molecule has 1 aromatic heterocycles. The van der Waals surface area contributed by atoms with Gasteiger partial charge in [0.2, 0.25) is 0 Å². The maximum absolute atomic E-state index is 13.0. The average Bonchev–Trinajstić information content (AvgIpc) is 2.87. The van der Waals surface area contributed by atoms with Gasteiger partial charge in [0.1, 0.15) is 0 Å². The SMILES string of the molecule is O=C(C=Cc1ccccc1C(F)(F)F)n1c(=O)sc2cc(Cl)ccc21. The molecule has 0 atom stereocenters. The van der Waals surface area contributed by atoms with Crippen molar-refractivity contribution in [1.82, 2.24) is 4.57 Å². The molecule has 8 heteroatoms. The molecule has 0 aliphatic carbocycles. The van der Waals surface area contributed by atoms with E-state index in [0.29, 0.717) is 15.2 Å². The summed E-state index contributed by atoms with van der Waals surface area (Å²) in [5.74, 6) is -0.726. The lowest BCUT2D eigenvalue weighted by atomic mass is 10.1. The molecule has 128 valence electrons. The molecule has 25 heavy (non-hydrogen) atoms. The number of carbonyl (C=O) groups is 1. The summed E-state index contributed by atoms with van der Waals surface area (Å²) in [5.41, 5.74) is -0.648. The van der Waals surface area contributed by atoms with E-state index in [2.05, 4.69) is 0 Å². The lowest BCUT2D eigenvalue weighted by Crippen LogP contribution is -2.19. The van der Waals surface area contributed by atoms with Crippen molar-refractivity contribution in [2.24, 2.45) is 0 Å². The highest BCUT2D eigenvalue weighted by atomic mass is 35.5. The lowest BCUT2D eigenvalue weighted by molar-refractivity contribution is -0.137.